The molecule has 9 nitrogen and oxygen atoms in total. The van der Waals surface area contributed by atoms with Gasteiger partial charge in [0.1, 0.15) is 12.4 Å². The summed E-state index contributed by atoms with van der Waals surface area (Å²) in [6, 6.07) is 15.7. The largest absolute Gasteiger partial charge is 0.490 e. The Morgan fingerprint density at radius 3 is 2.49 bits per heavy atom. The van der Waals surface area contributed by atoms with Crippen LogP contribution in [0.1, 0.15) is 43.6 Å². The molecule has 0 aliphatic rings. The molecule has 39 heavy (non-hydrogen) atoms. The van der Waals surface area contributed by atoms with Crippen molar-refractivity contribution in [3.05, 3.63) is 101 Å². The normalized spacial score (nSPS) is 11.3. The first kappa shape index (κ1) is 28.4. The molecule has 0 radical (unpaired) electrons. The molecule has 11 heteroatoms. The van der Waals surface area contributed by atoms with Crippen molar-refractivity contribution in [1.82, 2.24) is 9.66 Å². The third-order valence-corrected chi connectivity index (χ3v) is 6.82. The number of aromatic nitrogens is 2. The van der Waals surface area contributed by atoms with Crippen molar-refractivity contribution >= 4 is 54.7 Å². The van der Waals surface area contributed by atoms with Crippen molar-refractivity contribution in [2.24, 2.45) is 5.10 Å². The van der Waals surface area contributed by atoms with Gasteiger partial charge < -0.3 is 9.47 Å². The van der Waals surface area contributed by atoms with E-state index in [-0.39, 0.29) is 36.0 Å². The van der Waals surface area contributed by atoms with E-state index in [4.69, 9.17) is 9.47 Å². The monoisotopic (exact) mass is 656 g/mol. The molecule has 4 aromatic rings. The van der Waals surface area contributed by atoms with Gasteiger partial charge in [0.25, 0.3) is 5.56 Å². The topological polar surface area (TPSA) is 109 Å². The van der Waals surface area contributed by atoms with Crippen molar-refractivity contribution in [1.29, 1.82) is 0 Å². The summed E-state index contributed by atoms with van der Waals surface area (Å²) in [7, 11) is 0. The van der Waals surface area contributed by atoms with Gasteiger partial charge in [-0.15, -0.1) is 0 Å². The van der Waals surface area contributed by atoms with Crippen LogP contribution in [0.15, 0.2) is 73.4 Å². The second kappa shape index (κ2) is 13.0. The molecule has 202 valence electrons. The predicted octanol–water partition coefficient (Wildman–Crippen LogP) is 7.03. The van der Waals surface area contributed by atoms with Gasteiger partial charge in [-0.2, -0.15) is 9.78 Å². The third kappa shape index (κ3) is 6.90. The van der Waals surface area contributed by atoms with E-state index in [0.29, 0.717) is 28.7 Å². The number of aryl methyl sites for hydroxylation is 1. The van der Waals surface area contributed by atoms with Crippen LogP contribution in [0.4, 0.5) is 5.69 Å². The van der Waals surface area contributed by atoms with Crippen LogP contribution in [0.25, 0.3) is 10.9 Å². The van der Waals surface area contributed by atoms with Gasteiger partial charge in [-0.3, -0.25) is 14.9 Å². The molecule has 3 aromatic carbocycles. The number of halogens is 2. The number of nitro groups is 1. The summed E-state index contributed by atoms with van der Waals surface area (Å²) in [5.74, 6) is 0.756. The van der Waals surface area contributed by atoms with E-state index in [2.05, 4.69) is 48.9 Å². The number of nitro benzene ring substituents is 1. The molecule has 0 amide bonds. The van der Waals surface area contributed by atoms with Gasteiger partial charge in [-0.25, -0.2) is 4.98 Å². The Labute approximate surface area is 241 Å². The summed E-state index contributed by atoms with van der Waals surface area (Å²) in [5.41, 5.74) is 1.22. The Morgan fingerprint density at radius 2 is 1.79 bits per heavy atom. The maximum atomic E-state index is 13.4. The lowest BCUT2D eigenvalue weighted by Crippen LogP contribution is -2.22. The fourth-order valence-electron chi connectivity index (χ4n) is 3.90. The highest BCUT2D eigenvalue weighted by Crippen LogP contribution is 2.39. The fourth-order valence-corrected chi connectivity index (χ4v) is 4.52. The van der Waals surface area contributed by atoms with Crippen LogP contribution in [0, 0.1) is 10.1 Å². The quantitative estimate of drug-likeness (QED) is 0.0973. The highest BCUT2D eigenvalue weighted by molar-refractivity contribution is 9.10. The molecule has 0 atom stereocenters. The zero-order chi connectivity index (χ0) is 27.9. The molecule has 4 rings (SSSR count). The molecule has 0 aliphatic heterocycles. The Bertz CT molecular complexity index is 1590. The SMILES string of the molecule is CCCCc1nc2ccc(Br)cc2c(=O)n1N=Cc1cc(OCC)c(OCc2ccc(Br)cc2)c([N+](=O)[O-])c1. The Kier molecular flexibility index (Phi) is 9.47. The first-order valence-corrected chi connectivity index (χ1v) is 14.0. The average molecular weight is 658 g/mol. The number of rotatable bonds is 11. The summed E-state index contributed by atoms with van der Waals surface area (Å²) >= 11 is 6.79. The number of benzene rings is 3. The molecule has 0 bridgehead atoms. The zero-order valence-corrected chi connectivity index (χ0v) is 24.6. The second-order valence-electron chi connectivity index (χ2n) is 8.63. The summed E-state index contributed by atoms with van der Waals surface area (Å²) in [4.78, 5) is 29.5. The molecule has 0 aliphatic carbocycles. The lowest BCUT2D eigenvalue weighted by atomic mass is 10.1. The van der Waals surface area contributed by atoms with Crippen molar-refractivity contribution < 1.29 is 14.4 Å². The highest BCUT2D eigenvalue weighted by Gasteiger charge is 2.23. The number of ether oxygens (including phenoxy) is 2. The average Bonchev–Trinajstić information content (AvgIpc) is 2.92. The van der Waals surface area contributed by atoms with E-state index in [1.807, 2.05) is 30.3 Å². The molecule has 1 heterocycles. The van der Waals surface area contributed by atoms with Crippen LogP contribution in [-0.2, 0) is 13.0 Å². The Morgan fingerprint density at radius 1 is 1.05 bits per heavy atom. The summed E-state index contributed by atoms with van der Waals surface area (Å²) < 4.78 is 14.5. The van der Waals surface area contributed by atoms with Crippen LogP contribution in [0.5, 0.6) is 11.5 Å². The van der Waals surface area contributed by atoms with Crippen LogP contribution in [-0.4, -0.2) is 27.4 Å². The standard InChI is InChI=1S/C28H26Br2N4O5/c1-3-5-6-26-32-23-12-11-21(30)15-22(23)28(35)33(26)31-16-19-13-24(34(36)37)27(25(14-19)38-4-2)39-17-18-7-9-20(29)10-8-18/h7-16H,3-6,17H2,1-2H3. The fraction of sp³-hybridized carbons (Fsp3) is 0.250. The molecular formula is C28H26Br2N4O5. The number of fused-ring (bicyclic) bond motifs is 1. The maximum Gasteiger partial charge on any atom is 0.315 e. The molecule has 1 aromatic heterocycles. The van der Waals surface area contributed by atoms with Crippen LogP contribution < -0.4 is 15.0 Å². The molecule has 0 N–H and O–H groups in total. The highest BCUT2D eigenvalue weighted by atomic mass is 79.9. The smallest absolute Gasteiger partial charge is 0.315 e. The molecule has 0 saturated carbocycles. The van der Waals surface area contributed by atoms with E-state index in [0.717, 1.165) is 27.4 Å². The molecule has 0 spiro atoms. The van der Waals surface area contributed by atoms with Gasteiger partial charge in [0.05, 0.1) is 28.6 Å². The van der Waals surface area contributed by atoms with E-state index in [1.54, 1.807) is 25.1 Å². The van der Waals surface area contributed by atoms with Gasteiger partial charge in [0.2, 0.25) is 5.75 Å². The maximum absolute atomic E-state index is 13.4. The number of hydrogen-bond acceptors (Lipinski definition) is 7. The van der Waals surface area contributed by atoms with Crippen LogP contribution in [0.2, 0.25) is 0 Å². The Balaban J connectivity index is 1.75. The van der Waals surface area contributed by atoms with Gasteiger partial charge in [0, 0.05) is 27.0 Å². The minimum absolute atomic E-state index is 0.0277. The van der Waals surface area contributed by atoms with Crippen molar-refractivity contribution in [3.8, 4) is 11.5 Å². The van der Waals surface area contributed by atoms with E-state index >= 15 is 0 Å². The second-order valence-corrected chi connectivity index (χ2v) is 10.5. The molecule has 0 fully saturated rings. The predicted molar refractivity (Wildman–Crippen MR) is 158 cm³/mol. The van der Waals surface area contributed by atoms with Gasteiger partial charge in [-0.05, 0) is 55.3 Å². The summed E-state index contributed by atoms with van der Waals surface area (Å²) in [6.45, 7) is 4.23. The Hall–Kier alpha value is -3.57. The number of unbranched alkanes of at least 4 members (excludes halogenated alkanes) is 1. The van der Waals surface area contributed by atoms with Crippen LogP contribution in [0.3, 0.4) is 0 Å². The molecular weight excluding hydrogens is 632 g/mol. The van der Waals surface area contributed by atoms with E-state index in [1.165, 1.54) is 17.0 Å². The van der Waals surface area contributed by atoms with Crippen molar-refractivity contribution in [2.75, 3.05) is 6.61 Å². The first-order valence-electron chi connectivity index (χ1n) is 12.4. The minimum Gasteiger partial charge on any atom is -0.490 e. The zero-order valence-electron chi connectivity index (χ0n) is 21.4. The first-order chi connectivity index (χ1) is 18.8. The summed E-state index contributed by atoms with van der Waals surface area (Å²) in [5, 5.41) is 16.9. The van der Waals surface area contributed by atoms with E-state index in [9.17, 15) is 14.9 Å². The van der Waals surface area contributed by atoms with Crippen molar-refractivity contribution in [2.45, 2.75) is 39.7 Å². The van der Waals surface area contributed by atoms with Crippen LogP contribution >= 0.6 is 31.9 Å². The van der Waals surface area contributed by atoms with Gasteiger partial charge >= 0.3 is 5.69 Å². The number of nitrogens with zero attached hydrogens (tertiary/aromatic N) is 4. The molecule has 0 unspecified atom stereocenters. The minimum atomic E-state index is -0.523. The van der Waals surface area contributed by atoms with Gasteiger partial charge in [-0.1, -0.05) is 57.3 Å². The molecule has 0 saturated heterocycles. The lowest BCUT2D eigenvalue weighted by molar-refractivity contribution is -0.386. The third-order valence-electron chi connectivity index (χ3n) is 5.80. The number of hydrogen-bond donors (Lipinski definition) is 0. The summed E-state index contributed by atoms with van der Waals surface area (Å²) in [6.07, 6.45) is 3.70. The van der Waals surface area contributed by atoms with E-state index < -0.39 is 4.92 Å². The lowest BCUT2D eigenvalue weighted by Gasteiger charge is -2.13. The van der Waals surface area contributed by atoms with Gasteiger partial charge in [0.15, 0.2) is 5.75 Å². The van der Waals surface area contributed by atoms with Crippen molar-refractivity contribution in [3.63, 3.8) is 0 Å².